The molecule has 0 amide bonds. The SMILES string of the molecule is c1ccc(-c2ccc3c(c2)c2cc(-c4ccccc4)ccc2n3-c2cccc3c2oc2ccc(-c4ccc5c(c4)oc4ccccc45)cc23)cc1. The summed E-state index contributed by atoms with van der Waals surface area (Å²) in [5.74, 6) is 0. The molecule has 0 bridgehead atoms. The molecular weight excluding hydrogens is 623 g/mol. The lowest BCUT2D eigenvalue weighted by atomic mass is 10.0. The van der Waals surface area contributed by atoms with E-state index in [1.165, 1.54) is 33.0 Å². The van der Waals surface area contributed by atoms with E-state index >= 15 is 0 Å². The largest absolute Gasteiger partial charge is 0.456 e. The molecule has 0 aliphatic carbocycles. The van der Waals surface area contributed by atoms with Gasteiger partial charge in [-0.25, -0.2) is 0 Å². The highest BCUT2D eigenvalue weighted by Gasteiger charge is 2.19. The molecule has 11 aromatic rings. The summed E-state index contributed by atoms with van der Waals surface area (Å²) in [5, 5.41) is 6.87. The van der Waals surface area contributed by atoms with Crippen LogP contribution in [0.2, 0.25) is 0 Å². The summed E-state index contributed by atoms with van der Waals surface area (Å²) in [6.45, 7) is 0. The van der Waals surface area contributed by atoms with E-state index in [0.29, 0.717) is 0 Å². The van der Waals surface area contributed by atoms with Crippen LogP contribution >= 0.6 is 0 Å². The first-order valence-electron chi connectivity index (χ1n) is 17.3. The summed E-state index contributed by atoms with van der Waals surface area (Å²) in [4.78, 5) is 0. The summed E-state index contributed by atoms with van der Waals surface area (Å²) < 4.78 is 15.4. The van der Waals surface area contributed by atoms with Crippen molar-refractivity contribution in [1.29, 1.82) is 0 Å². The second-order valence-corrected chi connectivity index (χ2v) is 13.3. The fraction of sp³-hybridized carbons (Fsp3) is 0. The fourth-order valence-corrected chi connectivity index (χ4v) is 7.95. The lowest BCUT2D eigenvalue weighted by Gasteiger charge is -2.09. The predicted octanol–water partition coefficient (Wildman–Crippen LogP) is 13.6. The number of fused-ring (bicyclic) bond motifs is 9. The first-order valence-corrected chi connectivity index (χ1v) is 17.3. The van der Waals surface area contributed by atoms with E-state index in [9.17, 15) is 0 Å². The molecule has 0 saturated heterocycles. The van der Waals surface area contributed by atoms with Crippen LogP contribution in [-0.2, 0) is 0 Å². The highest BCUT2D eigenvalue weighted by Crippen LogP contribution is 2.41. The van der Waals surface area contributed by atoms with Gasteiger partial charge in [-0.05, 0) is 94.0 Å². The first-order chi connectivity index (χ1) is 25.3. The van der Waals surface area contributed by atoms with E-state index in [4.69, 9.17) is 8.83 Å². The van der Waals surface area contributed by atoms with Gasteiger partial charge in [0.25, 0.3) is 0 Å². The van der Waals surface area contributed by atoms with E-state index in [1.807, 2.05) is 12.1 Å². The van der Waals surface area contributed by atoms with Crippen LogP contribution in [0.3, 0.4) is 0 Å². The third-order valence-electron chi connectivity index (χ3n) is 10.4. The molecule has 3 heterocycles. The molecular formula is C48H29NO2. The van der Waals surface area contributed by atoms with Gasteiger partial charge >= 0.3 is 0 Å². The second kappa shape index (κ2) is 10.8. The fourth-order valence-electron chi connectivity index (χ4n) is 7.95. The van der Waals surface area contributed by atoms with Gasteiger partial charge in [-0.3, -0.25) is 0 Å². The van der Waals surface area contributed by atoms with Crippen LogP contribution in [0.1, 0.15) is 0 Å². The van der Waals surface area contributed by atoms with Crippen LogP contribution in [0.5, 0.6) is 0 Å². The molecule has 8 aromatic carbocycles. The second-order valence-electron chi connectivity index (χ2n) is 13.3. The Kier molecular flexibility index (Phi) is 5.96. The van der Waals surface area contributed by atoms with Crippen LogP contribution in [0.15, 0.2) is 185 Å². The maximum Gasteiger partial charge on any atom is 0.159 e. The number of hydrogen-bond acceptors (Lipinski definition) is 2. The third-order valence-corrected chi connectivity index (χ3v) is 10.4. The van der Waals surface area contributed by atoms with Gasteiger partial charge in [0.05, 0.1) is 16.7 Å². The van der Waals surface area contributed by atoms with Gasteiger partial charge in [-0.2, -0.15) is 0 Å². The summed E-state index contributed by atoms with van der Waals surface area (Å²) in [6, 6.07) is 62.6. The molecule has 3 heteroatoms. The molecule has 0 radical (unpaired) electrons. The van der Waals surface area contributed by atoms with Crippen molar-refractivity contribution in [2.45, 2.75) is 0 Å². The van der Waals surface area contributed by atoms with Crippen molar-refractivity contribution in [2.75, 3.05) is 0 Å². The van der Waals surface area contributed by atoms with E-state index in [0.717, 1.165) is 71.7 Å². The van der Waals surface area contributed by atoms with Gasteiger partial charge in [-0.1, -0.05) is 115 Å². The Balaban J connectivity index is 1.11. The van der Waals surface area contributed by atoms with Gasteiger partial charge in [0.1, 0.15) is 16.7 Å². The zero-order valence-corrected chi connectivity index (χ0v) is 27.5. The van der Waals surface area contributed by atoms with Crippen LogP contribution in [0, 0.1) is 0 Å². The molecule has 0 spiro atoms. The van der Waals surface area contributed by atoms with Crippen molar-refractivity contribution in [3.8, 4) is 39.1 Å². The van der Waals surface area contributed by atoms with Crippen molar-refractivity contribution in [1.82, 2.24) is 4.57 Å². The number of rotatable bonds is 4. The Hall–Kier alpha value is -6.84. The molecule has 0 atom stereocenters. The molecule has 11 rings (SSSR count). The van der Waals surface area contributed by atoms with Crippen molar-refractivity contribution >= 4 is 65.7 Å². The van der Waals surface area contributed by atoms with Crippen LogP contribution in [0.25, 0.3) is 105 Å². The van der Waals surface area contributed by atoms with Gasteiger partial charge in [0.2, 0.25) is 0 Å². The summed E-state index contributed by atoms with van der Waals surface area (Å²) in [7, 11) is 0. The Bertz CT molecular complexity index is 3030. The lowest BCUT2D eigenvalue weighted by molar-refractivity contribution is 0.666. The van der Waals surface area contributed by atoms with Gasteiger partial charge < -0.3 is 13.4 Å². The zero-order chi connectivity index (χ0) is 33.5. The molecule has 0 aliphatic rings. The van der Waals surface area contributed by atoms with Gasteiger partial charge in [0, 0.05) is 32.3 Å². The molecule has 0 aliphatic heterocycles. The molecule has 0 N–H and O–H groups in total. The smallest absolute Gasteiger partial charge is 0.159 e. The van der Waals surface area contributed by atoms with Gasteiger partial charge in [0.15, 0.2) is 5.58 Å². The number of furan rings is 2. The lowest BCUT2D eigenvalue weighted by Crippen LogP contribution is -1.94. The summed E-state index contributed by atoms with van der Waals surface area (Å²) >= 11 is 0. The maximum atomic E-state index is 6.75. The van der Waals surface area contributed by atoms with E-state index < -0.39 is 0 Å². The van der Waals surface area contributed by atoms with Crippen LogP contribution < -0.4 is 0 Å². The number of benzene rings is 8. The topological polar surface area (TPSA) is 31.2 Å². The average Bonchev–Trinajstić information content (AvgIpc) is 3.87. The molecule has 3 aromatic heterocycles. The summed E-state index contributed by atoms with van der Waals surface area (Å²) in [5.41, 5.74) is 13.9. The molecule has 3 nitrogen and oxygen atoms in total. The van der Waals surface area contributed by atoms with Crippen LogP contribution in [0.4, 0.5) is 0 Å². The molecule has 51 heavy (non-hydrogen) atoms. The minimum atomic E-state index is 0.865. The molecule has 0 saturated carbocycles. The standard InChI is InChI=1S/C48H29NO2/c1-3-10-30(11-4-1)32-19-23-42-39(26-32)40-27-33(31-12-5-2-6-13-31)20-24-43(40)49(42)44-16-9-15-38-41-28-34(21-25-46(41)51-48(38)44)35-18-22-37-36-14-7-8-17-45(36)50-47(37)29-35/h1-29H. The van der Waals surface area contributed by atoms with E-state index in [-0.39, 0.29) is 0 Å². The van der Waals surface area contributed by atoms with Crippen molar-refractivity contribution < 1.29 is 8.83 Å². The van der Waals surface area contributed by atoms with Gasteiger partial charge in [-0.15, -0.1) is 0 Å². The number of nitrogens with zero attached hydrogens (tertiary/aromatic N) is 1. The normalized spacial score (nSPS) is 11.9. The molecule has 0 unspecified atom stereocenters. The Morgan fingerprint density at radius 1 is 0.294 bits per heavy atom. The highest BCUT2D eigenvalue weighted by atomic mass is 16.3. The minimum absolute atomic E-state index is 0.865. The number of para-hydroxylation sites is 2. The van der Waals surface area contributed by atoms with Crippen molar-refractivity contribution in [2.24, 2.45) is 0 Å². The average molecular weight is 652 g/mol. The van der Waals surface area contributed by atoms with Crippen molar-refractivity contribution in [3.05, 3.63) is 176 Å². The Morgan fingerprint density at radius 2 is 0.824 bits per heavy atom. The van der Waals surface area contributed by atoms with E-state index in [1.54, 1.807) is 0 Å². The third kappa shape index (κ3) is 4.32. The predicted molar refractivity (Wildman–Crippen MR) is 212 cm³/mol. The molecule has 0 fully saturated rings. The number of aromatic nitrogens is 1. The molecule has 238 valence electrons. The monoisotopic (exact) mass is 651 g/mol. The minimum Gasteiger partial charge on any atom is -0.456 e. The van der Waals surface area contributed by atoms with Crippen molar-refractivity contribution in [3.63, 3.8) is 0 Å². The van der Waals surface area contributed by atoms with Crippen LogP contribution in [-0.4, -0.2) is 4.57 Å². The zero-order valence-electron chi connectivity index (χ0n) is 27.5. The Labute approximate surface area is 293 Å². The quantitative estimate of drug-likeness (QED) is 0.190. The number of hydrogen-bond donors (Lipinski definition) is 0. The first kappa shape index (κ1) is 28.0. The summed E-state index contributed by atoms with van der Waals surface area (Å²) in [6.07, 6.45) is 0. The Morgan fingerprint density at radius 3 is 1.55 bits per heavy atom. The maximum absolute atomic E-state index is 6.75. The highest BCUT2D eigenvalue weighted by molar-refractivity contribution is 6.14. The van der Waals surface area contributed by atoms with E-state index in [2.05, 4.69) is 168 Å².